The van der Waals surface area contributed by atoms with E-state index in [4.69, 9.17) is 9.47 Å². The molecule has 2 saturated heterocycles. The summed E-state index contributed by atoms with van der Waals surface area (Å²) in [6.45, 7) is 3.04. The first-order chi connectivity index (χ1) is 18.1. The van der Waals surface area contributed by atoms with E-state index in [2.05, 4.69) is 25.5 Å². The van der Waals surface area contributed by atoms with Crippen molar-refractivity contribution < 1.29 is 19.1 Å². The van der Waals surface area contributed by atoms with Gasteiger partial charge >= 0.3 is 6.09 Å². The molecule has 0 spiro atoms. The van der Waals surface area contributed by atoms with Crippen LogP contribution in [0.25, 0.3) is 11.0 Å². The van der Waals surface area contributed by atoms with Crippen LogP contribution in [-0.4, -0.2) is 73.2 Å². The van der Waals surface area contributed by atoms with Crippen molar-refractivity contribution in [2.45, 2.75) is 29.9 Å². The predicted molar refractivity (Wildman–Crippen MR) is 143 cm³/mol. The molecule has 0 radical (unpaired) electrons. The van der Waals surface area contributed by atoms with E-state index in [9.17, 15) is 9.59 Å². The Morgan fingerprint density at radius 2 is 2.14 bits per heavy atom. The van der Waals surface area contributed by atoms with Gasteiger partial charge in [0, 0.05) is 42.0 Å². The van der Waals surface area contributed by atoms with Gasteiger partial charge in [-0.2, -0.15) is 0 Å². The third kappa shape index (κ3) is 4.88. The van der Waals surface area contributed by atoms with Crippen molar-refractivity contribution in [1.82, 2.24) is 15.3 Å². The third-order valence-corrected chi connectivity index (χ3v) is 8.03. The van der Waals surface area contributed by atoms with Crippen LogP contribution >= 0.6 is 11.8 Å². The minimum Gasteiger partial charge on any atom is -0.481 e. The molecule has 0 aliphatic carbocycles. The van der Waals surface area contributed by atoms with Crippen molar-refractivity contribution >= 4 is 51.9 Å². The maximum Gasteiger partial charge on any atom is 0.414 e. The minimum absolute atomic E-state index is 0.0267. The Morgan fingerprint density at radius 1 is 1.22 bits per heavy atom. The number of hydrogen-bond donors (Lipinski definition) is 2. The summed E-state index contributed by atoms with van der Waals surface area (Å²) in [6.07, 6.45) is 3.04. The Labute approximate surface area is 218 Å². The number of fused-ring (bicyclic) bond motifs is 2. The van der Waals surface area contributed by atoms with Crippen molar-refractivity contribution in [2.24, 2.45) is 0 Å². The molecule has 1 aromatic carbocycles. The van der Waals surface area contributed by atoms with Gasteiger partial charge in [0.2, 0.25) is 11.8 Å². The van der Waals surface area contributed by atoms with Gasteiger partial charge in [0.1, 0.15) is 11.6 Å². The maximum absolute atomic E-state index is 12.6. The molecule has 3 aromatic rings. The molecule has 0 bridgehead atoms. The van der Waals surface area contributed by atoms with E-state index in [0.29, 0.717) is 24.2 Å². The molecule has 2 aromatic heterocycles. The number of pyridine rings is 2. The van der Waals surface area contributed by atoms with E-state index in [1.165, 1.54) is 11.8 Å². The summed E-state index contributed by atoms with van der Waals surface area (Å²) in [5, 5.41) is 6.51. The van der Waals surface area contributed by atoms with Crippen molar-refractivity contribution in [3.63, 3.8) is 0 Å². The molecule has 3 aliphatic rings. The summed E-state index contributed by atoms with van der Waals surface area (Å²) < 4.78 is 10.9. The number of amides is 2. The van der Waals surface area contributed by atoms with Crippen molar-refractivity contribution in [1.29, 1.82) is 0 Å². The lowest BCUT2D eigenvalue weighted by molar-refractivity contribution is -0.113. The number of rotatable bonds is 7. The quantitative estimate of drug-likeness (QED) is 0.485. The minimum atomic E-state index is -0.348. The van der Waals surface area contributed by atoms with Crippen LogP contribution in [0.2, 0.25) is 0 Å². The van der Waals surface area contributed by atoms with Gasteiger partial charge in [-0.25, -0.2) is 9.78 Å². The fourth-order valence-electron chi connectivity index (χ4n) is 5.08. The molecule has 2 atom stereocenters. The molecule has 2 N–H and O–H groups in total. The highest BCUT2D eigenvalue weighted by atomic mass is 32.2. The lowest BCUT2D eigenvalue weighted by atomic mass is 10.2. The first-order valence-electron chi connectivity index (χ1n) is 12.4. The number of hydrogen-bond acceptors (Lipinski definition) is 9. The summed E-state index contributed by atoms with van der Waals surface area (Å²) in [5.41, 5.74) is 4.25. The lowest BCUT2D eigenvalue weighted by Crippen LogP contribution is -2.35. The number of thioether (sulfide) groups is 1. The summed E-state index contributed by atoms with van der Waals surface area (Å²) >= 11 is 1.50. The zero-order chi connectivity index (χ0) is 25.4. The van der Waals surface area contributed by atoms with Crippen LogP contribution in [0, 0.1) is 0 Å². The monoisotopic (exact) mass is 520 g/mol. The molecular weight excluding hydrogens is 492 g/mol. The van der Waals surface area contributed by atoms with Gasteiger partial charge in [-0.15, -0.1) is 11.8 Å². The summed E-state index contributed by atoms with van der Waals surface area (Å²) in [4.78, 5) is 38.3. The number of anilines is 3. The van der Waals surface area contributed by atoms with Crippen molar-refractivity contribution in [3.05, 3.63) is 42.6 Å². The zero-order valence-electron chi connectivity index (χ0n) is 20.5. The Kier molecular flexibility index (Phi) is 6.47. The molecule has 11 heteroatoms. The van der Waals surface area contributed by atoms with Crippen LogP contribution in [0.5, 0.6) is 5.88 Å². The highest BCUT2D eigenvalue weighted by Gasteiger charge is 2.33. The third-order valence-electron chi connectivity index (χ3n) is 6.96. The number of carbonyl (C=O) groups excluding carboxylic acids is 2. The van der Waals surface area contributed by atoms with E-state index in [1.807, 2.05) is 42.6 Å². The van der Waals surface area contributed by atoms with Crippen LogP contribution in [0.3, 0.4) is 0 Å². The molecule has 192 valence electrons. The first-order valence-corrected chi connectivity index (χ1v) is 13.4. The number of carbonyl (C=O) groups is 2. The molecule has 0 saturated carbocycles. The molecule has 5 heterocycles. The average molecular weight is 521 g/mol. The maximum atomic E-state index is 12.6. The van der Waals surface area contributed by atoms with Gasteiger partial charge < -0.3 is 25.0 Å². The van der Waals surface area contributed by atoms with Gasteiger partial charge in [-0.05, 0) is 49.7 Å². The van der Waals surface area contributed by atoms with Crippen molar-refractivity contribution in [2.75, 3.05) is 54.2 Å². The SMILES string of the molecule is COc1ccc2nccc(N3CC[C@H](NCC[C@H]4CN(c5ccc6c(c5)NC(=O)CS6)C(=O)O4)C3)c2n1. The molecule has 37 heavy (non-hydrogen) atoms. The number of cyclic esters (lactones) is 1. The largest absolute Gasteiger partial charge is 0.481 e. The Morgan fingerprint density at radius 3 is 3.03 bits per heavy atom. The lowest BCUT2D eigenvalue weighted by Gasteiger charge is -2.21. The average Bonchev–Trinajstić information content (AvgIpc) is 3.54. The van der Waals surface area contributed by atoms with Gasteiger partial charge in [0.15, 0.2) is 0 Å². The Bertz CT molecular complexity index is 1350. The highest BCUT2D eigenvalue weighted by Crippen LogP contribution is 2.35. The fourth-order valence-corrected chi connectivity index (χ4v) is 5.87. The van der Waals surface area contributed by atoms with Gasteiger partial charge in [0.25, 0.3) is 0 Å². The molecular formula is C26H28N6O4S. The van der Waals surface area contributed by atoms with Crippen LogP contribution in [-0.2, 0) is 9.53 Å². The molecule has 6 rings (SSSR count). The van der Waals surface area contributed by atoms with Crippen LogP contribution < -0.4 is 25.2 Å². The number of nitrogens with one attached hydrogen (secondary N) is 2. The van der Waals surface area contributed by atoms with Crippen molar-refractivity contribution in [3.8, 4) is 5.88 Å². The molecule has 2 fully saturated rings. The number of benzene rings is 1. The molecule has 0 unspecified atom stereocenters. The number of nitrogens with zero attached hydrogens (tertiary/aromatic N) is 4. The highest BCUT2D eigenvalue weighted by molar-refractivity contribution is 8.00. The van der Waals surface area contributed by atoms with Gasteiger partial charge in [-0.1, -0.05) is 0 Å². The second-order valence-corrected chi connectivity index (χ2v) is 10.4. The Hall–Kier alpha value is -3.57. The normalized spacial score (nSPS) is 21.2. The molecule has 3 aliphatic heterocycles. The summed E-state index contributed by atoms with van der Waals surface area (Å²) in [5.74, 6) is 0.965. The summed E-state index contributed by atoms with van der Waals surface area (Å²) in [6, 6.07) is 11.8. The van der Waals surface area contributed by atoms with E-state index >= 15 is 0 Å². The van der Waals surface area contributed by atoms with E-state index in [0.717, 1.165) is 65.5 Å². The standard InChI is InChI=1S/C26H28N6O4S/c1-35-24-5-3-19-25(30-24)21(7-10-28-19)31-11-8-16(13-31)27-9-6-18-14-32(26(34)36-18)17-2-4-22-20(12-17)29-23(33)15-37-22/h2-5,7,10,12,16,18,27H,6,8-9,11,13-15H2,1H3,(H,29,33)/t16-,18-/m0/s1. The molecule has 10 nitrogen and oxygen atoms in total. The van der Waals surface area contributed by atoms with E-state index in [1.54, 1.807) is 12.0 Å². The smallest absolute Gasteiger partial charge is 0.414 e. The van der Waals surface area contributed by atoms with Crippen LogP contribution in [0.15, 0.2) is 47.5 Å². The summed E-state index contributed by atoms with van der Waals surface area (Å²) in [7, 11) is 1.62. The van der Waals surface area contributed by atoms with Gasteiger partial charge in [-0.3, -0.25) is 14.7 Å². The van der Waals surface area contributed by atoms with Crippen LogP contribution in [0.1, 0.15) is 12.8 Å². The van der Waals surface area contributed by atoms with Crippen LogP contribution in [0.4, 0.5) is 21.9 Å². The topological polar surface area (TPSA) is 109 Å². The number of aromatic nitrogens is 2. The first kappa shape index (κ1) is 23.8. The number of methoxy groups -OCH3 is 1. The van der Waals surface area contributed by atoms with Gasteiger partial charge in [0.05, 0.1) is 36.3 Å². The fraction of sp³-hybridized carbons (Fsp3) is 0.385. The second kappa shape index (κ2) is 10.1. The second-order valence-electron chi connectivity index (χ2n) is 9.36. The van der Waals surface area contributed by atoms with E-state index < -0.39 is 0 Å². The zero-order valence-corrected chi connectivity index (χ0v) is 21.3. The molecule has 2 amide bonds. The van der Waals surface area contributed by atoms with E-state index in [-0.39, 0.29) is 18.1 Å². The predicted octanol–water partition coefficient (Wildman–Crippen LogP) is 3.27. The number of ether oxygens (including phenoxy) is 2. The Balaban J connectivity index is 1.03.